The molecule has 0 spiro atoms. The molecule has 0 aliphatic heterocycles. The SMILES string of the molecule is CC1CCc2c(sc3nc(C(C)Sc4nnnn4C(C)C)[nH]c(=O)c23)C1. The highest BCUT2D eigenvalue weighted by molar-refractivity contribution is 7.99. The number of hydrogen-bond donors (Lipinski definition) is 1. The van der Waals surface area contributed by atoms with Gasteiger partial charge in [-0.05, 0) is 61.9 Å². The maximum Gasteiger partial charge on any atom is 0.259 e. The van der Waals surface area contributed by atoms with Crippen LogP contribution in [0.1, 0.15) is 61.7 Å². The normalized spacial score (nSPS) is 18.4. The highest BCUT2D eigenvalue weighted by Gasteiger charge is 2.24. The Morgan fingerprint density at radius 1 is 1.35 bits per heavy atom. The second-order valence-electron chi connectivity index (χ2n) is 7.24. The van der Waals surface area contributed by atoms with Gasteiger partial charge < -0.3 is 4.98 Å². The van der Waals surface area contributed by atoms with Crippen molar-refractivity contribution >= 4 is 33.3 Å². The Kier molecular flexibility index (Phi) is 4.60. The number of rotatable bonds is 4. The van der Waals surface area contributed by atoms with Gasteiger partial charge in [-0.2, -0.15) is 0 Å². The Balaban J connectivity index is 1.69. The number of tetrazole rings is 1. The minimum absolute atomic E-state index is 0.0204. The van der Waals surface area contributed by atoms with E-state index in [9.17, 15) is 4.79 Å². The molecule has 138 valence electrons. The first-order valence-corrected chi connectivity index (χ1v) is 10.6. The zero-order valence-corrected chi connectivity index (χ0v) is 16.9. The predicted molar refractivity (Wildman–Crippen MR) is 104 cm³/mol. The molecule has 2 unspecified atom stereocenters. The summed E-state index contributed by atoms with van der Waals surface area (Å²) in [5.74, 6) is 1.36. The molecule has 0 saturated carbocycles. The molecule has 0 saturated heterocycles. The molecule has 0 amide bonds. The molecule has 0 aromatic carbocycles. The summed E-state index contributed by atoms with van der Waals surface area (Å²) >= 11 is 3.19. The van der Waals surface area contributed by atoms with E-state index in [0.29, 0.717) is 11.7 Å². The van der Waals surface area contributed by atoms with Gasteiger partial charge in [-0.15, -0.1) is 16.4 Å². The van der Waals surface area contributed by atoms with E-state index in [1.807, 2.05) is 20.8 Å². The Labute approximate surface area is 159 Å². The van der Waals surface area contributed by atoms with Gasteiger partial charge in [-0.25, -0.2) is 9.67 Å². The predicted octanol–water partition coefficient (Wildman–Crippen LogP) is 3.53. The van der Waals surface area contributed by atoms with Gasteiger partial charge >= 0.3 is 0 Å². The first-order valence-electron chi connectivity index (χ1n) is 8.93. The zero-order chi connectivity index (χ0) is 18.4. The maximum atomic E-state index is 12.8. The highest BCUT2D eigenvalue weighted by Crippen LogP contribution is 2.37. The van der Waals surface area contributed by atoms with Crippen LogP contribution in [-0.2, 0) is 12.8 Å². The molecule has 3 aromatic rings. The molecule has 2 atom stereocenters. The summed E-state index contributed by atoms with van der Waals surface area (Å²) in [6.07, 6.45) is 3.18. The Hall–Kier alpha value is -1.74. The van der Waals surface area contributed by atoms with Crippen LogP contribution < -0.4 is 5.56 Å². The lowest BCUT2D eigenvalue weighted by Gasteiger charge is -2.17. The second-order valence-corrected chi connectivity index (χ2v) is 9.63. The second kappa shape index (κ2) is 6.77. The number of nitrogens with zero attached hydrogens (tertiary/aromatic N) is 5. The van der Waals surface area contributed by atoms with E-state index in [1.54, 1.807) is 16.0 Å². The first kappa shape index (κ1) is 17.7. The first-order chi connectivity index (χ1) is 12.4. The molecular weight excluding hydrogens is 368 g/mol. The highest BCUT2D eigenvalue weighted by atomic mass is 32.2. The van der Waals surface area contributed by atoms with E-state index in [4.69, 9.17) is 4.98 Å². The molecule has 1 aliphatic rings. The van der Waals surface area contributed by atoms with Crippen LogP contribution in [0.2, 0.25) is 0 Å². The van der Waals surface area contributed by atoms with Crippen LogP contribution in [0.5, 0.6) is 0 Å². The maximum absolute atomic E-state index is 12.8. The van der Waals surface area contributed by atoms with E-state index >= 15 is 0 Å². The molecule has 0 fully saturated rings. The minimum atomic E-state index is -0.0475. The summed E-state index contributed by atoms with van der Waals surface area (Å²) in [5, 5.41) is 13.4. The van der Waals surface area contributed by atoms with Crippen molar-refractivity contribution in [2.45, 2.75) is 63.4 Å². The smallest absolute Gasteiger partial charge is 0.259 e. The molecule has 0 radical (unpaired) electrons. The molecule has 1 N–H and O–H groups in total. The lowest BCUT2D eigenvalue weighted by Crippen LogP contribution is -2.15. The van der Waals surface area contributed by atoms with Crippen LogP contribution in [0.4, 0.5) is 0 Å². The van der Waals surface area contributed by atoms with Gasteiger partial charge in [-0.3, -0.25) is 4.79 Å². The van der Waals surface area contributed by atoms with Gasteiger partial charge in [0.2, 0.25) is 5.16 Å². The van der Waals surface area contributed by atoms with Crippen LogP contribution in [0.3, 0.4) is 0 Å². The third kappa shape index (κ3) is 3.07. The van der Waals surface area contributed by atoms with Crippen molar-refractivity contribution in [3.8, 4) is 0 Å². The third-order valence-electron chi connectivity index (χ3n) is 4.80. The van der Waals surface area contributed by atoms with Crippen molar-refractivity contribution in [1.29, 1.82) is 0 Å². The van der Waals surface area contributed by atoms with Crippen LogP contribution in [0, 0.1) is 5.92 Å². The zero-order valence-electron chi connectivity index (χ0n) is 15.3. The van der Waals surface area contributed by atoms with Crippen molar-refractivity contribution < 1.29 is 0 Å². The average molecular weight is 391 g/mol. The van der Waals surface area contributed by atoms with E-state index in [1.165, 1.54) is 22.2 Å². The number of nitrogens with one attached hydrogen (secondary N) is 1. The number of hydrogen-bond acceptors (Lipinski definition) is 7. The molecule has 0 bridgehead atoms. The quantitative estimate of drug-likeness (QED) is 0.686. The van der Waals surface area contributed by atoms with Gasteiger partial charge in [0.1, 0.15) is 10.7 Å². The Morgan fingerprint density at radius 3 is 2.92 bits per heavy atom. The van der Waals surface area contributed by atoms with Crippen LogP contribution >= 0.6 is 23.1 Å². The van der Waals surface area contributed by atoms with E-state index in [-0.39, 0.29) is 16.9 Å². The van der Waals surface area contributed by atoms with Crippen molar-refractivity contribution in [1.82, 2.24) is 30.2 Å². The number of aromatic nitrogens is 6. The summed E-state index contributed by atoms with van der Waals surface area (Å²) in [4.78, 5) is 22.7. The van der Waals surface area contributed by atoms with Gasteiger partial charge in [0, 0.05) is 4.88 Å². The fourth-order valence-electron chi connectivity index (χ4n) is 3.36. The standard InChI is InChI=1S/C17H22N6OS2/c1-8(2)23-17(20-21-22-23)25-10(4)14-18-15(24)13-11-6-5-9(3)7-12(11)26-16(13)19-14/h8-10H,5-7H2,1-4H3,(H,18,19,24). The monoisotopic (exact) mass is 390 g/mol. The number of aryl methyl sites for hydroxylation is 1. The number of H-pyrrole nitrogens is 1. The molecule has 1 aliphatic carbocycles. The largest absolute Gasteiger partial charge is 0.309 e. The van der Waals surface area contributed by atoms with Crippen molar-refractivity contribution in [3.05, 3.63) is 26.6 Å². The molecular formula is C17H22N6OS2. The summed E-state index contributed by atoms with van der Waals surface area (Å²) in [5.41, 5.74) is 1.19. The summed E-state index contributed by atoms with van der Waals surface area (Å²) in [7, 11) is 0. The summed E-state index contributed by atoms with van der Waals surface area (Å²) in [6, 6.07) is 0.181. The number of aromatic amines is 1. The topological polar surface area (TPSA) is 89.3 Å². The molecule has 26 heavy (non-hydrogen) atoms. The van der Waals surface area contributed by atoms with Crippen molar-refractivity contribution in [2.24, 2.45) is 5.92 Å². The average Bonchev–Trinajstić information content (AvgIpc) is 3.18. The van der Waals surface area contributed by atoms with Crippen LogP contribution in [0.15, 0.2) is 9.95 Å². The lowest BCUT2D eigenvalue weighted by atomic mass is 9.89. The summed E-state index contributed by atoms with van der Waals surface area (Å²) in [6.45, 7) is 8.36. The van der Waals surface area contributed by atoms with Gasteiger partial charge in [-0.1, -0.05) is 18.7 Å². The number of thiophene rings is 1. The van der Waals surface area contributed by atoms with Crippen LogP contribution in [0.25, 0.3) is 10.2 Å². The molecule has 9 heteroatoms. The Bertz CT molecular complexity index is 1000. The molecule has 4 rings (SSSR count). The summed E-state index contributed by atoms with van der Waals surface area (Å²) < 4.78 is 1.78. The number of thioether (sulfide) groups is 1. The van der Waals surface area contributed by atoms with Gasteiger partial charge in [0.25, 0.3) is 5.56 Å². The van der Waals surface area contributed by atoms with Crippen molar-refractivity contribution in [2.75, 3.05) is 0 Å². The number of fused-ring (bicyclic) bond motifs is 3. The van der Waals surface area contributed by atoms with Crippen LogP contribution in [-0.4, -0.2) is 30.2 Å². The van der Waals surface area contributed by atoms with Gasteiger partial charge in [0.15, 0.2) is 0 Å². The fraction of sp³-hybridized carbons (Fsp3) is 0.588. The lowest BCUT2D eigenvalue weighted by molar-refractivity contribution is 0.477. The fourth-order valence-corrected chi connectivity index (χ4v) is 5.73. The van der Waals surface area contributed by atoms with Gasteiger partial charge in [0.05, 0.1) is 16.7 Å². The van der Waals surface area contributed by atoms with Crippen molar-refractivity contribution in [3.63, 3.8) is 0 Å². The molecule has 7 nitrogen and oxygen atoms in total. The molecule has 3 aromatic heterocycles. The van der Waals surface area contributed by atoms with E-state index in [0.717, 1.165) is 34.6 Å². The van der Waals surface area contributed by atoms with E-state index in [2.05, 4.69) is 27.4 Å². The Morgan fingerprint density at radius 2 is 2.15 bits per heavy atom. The third-order valence-corrected chi connectivity index (χ3v) is 7.01. The van der Waals surface area contributed by atoms with E-state index < -0.39 is 0 Å². The minimum Gasteiger partial charge on any atom is -0.309 e. The molecule has 3 heterocycles.